The van der Waals surface area contributed by atoms with Gasteiger partial charge in [-0.3, -0.25) is 15.0 Å². The molecule has 1 aromatic carbocycles. The van der Waals surface area contributed by atoms with Crippen LogP contribution in [-0.2, 0) is 21.1 Å². The topological polar surface area (TPSA) is 92.3 Å². The van der Waals surface area contributed by atoms with Gasteiger partial charge in [-0.25, -0.2) is 8.42 Å². The Morgan fingerprint density at radius 1 is 1.06 bits per heavy atom. The number of benzene rings is 1. The highest BCUT2D eigenvalue weighted by atomic mass is 32.2. The molecule has 1 N–H and O–H groups in total. The number of nitrogens with one attached hydrogen (secondary N) is 1. The van der Waals surface area contributed by atoms with Crippen molar-refractivity contribution in [3.63, 3.8) is 0 Å². The van der Waals surface area contributed by atoms with E-state index in [2.05, 4.69) is 22.4 Å². The maximum absolute atomic E-state index is 13.2. The number of hydrogen-bond acceptors (Lipinski definition) is 7. The van der Waals surface area contributed by atoms with E-state index in [0.717, 1.165) is 23.4 Å². The number of rotatable bonds is 11. The number of sulfone groups is 1. The van der Waals surface area contributed by atoms with Gasteiger partial charge in [-0.05, 0) is 12.0 Å². The van der Waals surface area contributed by atoms with Gasteiger partial charge in [0.2, 0.25) is 11.0 Å². The lowest BCUT2D eigenvalue weighted by atomic mass is 10.0. The molecule has 0 spiro atoms. The third kappa shape index (κ3) is 7.36. The number of aromatic nitrogens is 2. The average molecular weight is 465 g/mol. The van der Waals surface area contributed by atoms with Crippen LogP contribution in [0.2, 0.25) is 0 Å². The lowest BCUT2D eigenvalue weighted by molar-refractivity contribution is -0.121. The van der Waals surface area contributed by atoms with Crippen molar-refractivity contribution in [2.75, 3.05) is 29.9 Å². The van der Waals surface area contributed by atoms with E-state index in [-0.39, 0.29) is 17.4 Å². The summed E-state index contributed by atoms with van der Waals surface area (Å²) in [6, 6.07) is 8.93. The number of anilines is 1. The zero-order valence-electron chi connectivity index (χ0n) is 18.1. The van der Waals surface area contributed by atoms with E-state index in [1.54, 1.807) is 0 Å². The molecule has 2 heterocycles. The Labute approximate surface area is 189 Å². The molecule has 1 aromatic heterocycles. The van der Waals surface area contributed by atoms with Crippen LogP contribution < -0.4 is 5.32 Å². The van der Waals surface area contributed by atoms with Crippen LogP contribution in [0.1, 0.15) is 62.1 Å². The van der Waals surface area contributed by atoms with Crippen molar-refractivity contribution >= 4 is 32.2 Å². The fraction of sp³-hybridized carbons (Fsp3) is 0.591. The molecule has 1 unspecified atom stereocenters. The molecule has 9 heteroatoms. The largest absolute Gasteiger partial charge is 0.299 e. The van der Waals surface area contributed by atoms with Crippen LogP contribution in [0.25, 0.3) is 0 Å². The lowest BCUT2D eigenvalue weighted by Gasteiger charge is -2.33. The van der Waals surface area contributed by atoms with Gasteiger partial charge in [0.05, 0.1) is 11.5 Å². The Hall–Kier alpha value is -1.84. The van der Waals surface area contributed by atoms with Crippen molar-refractivity contribution in [3.05, 3.63) is 40.9 Å². The Morgan fingerprint density at radius 3 is 2.45 bits per heavy atom. The summed E-state index contributed by atoms with van der Waals surface area (Å²) in [5.74, 6) is -0.0527. The minimum atomic E-state index is -3.02. The fourth-order valence-electron chi connectivity index (χ4n) is 3.78. The van der Waals surface area contributed by atoms with Crippen LogP contribution in [0.4, 0.5) is 5.13 Å². The number of hydrogen-bond donors (Lipinski definition) is 1. The Morgan fingerprint density at radius 2 is 1.74 bits per heavy atom. The molecule has 0 radical (unpaired) electrons. The summed E-state index contributed by atoms with van der Waals surface area (Å²) < 4.78 is 23.7. The zero-order chi connectivity index (χ0) is 22.1. The highest BCUT2D eigenvalue weighted by Gasteiger charge is 2.33. The maximum Gasteiger partial charge on any atom is 0.248 e. The molecule has 1 amide bonds. The normalized spacial score (nSPS) is 17.3. The van der Waals surface area contributed by atoms with Crippen LogP contribution in [0.15, 0.2) is 30.3 Å². The Kier molecular flexibility index (Phi) is 8.98. The SMILES string of the molecule is CCCCCCCCc1nnc(NC(=O)C(c2ccccc2)N2CCS(=O)(=O)CC2)s1. The van der Waals surface area contributed by atoms with Crippen molar-refractivity contribution < 1.29 is 13.2 Å². The number of carbonyl (C=O) groups is 1. The quantitative estimate of drug-likeness (QED) is 0.508. The van der Waals surface area contributed by atoms with E-state index in [9.17, 15) is 13.2 Å². The first-order valence-electron chi connectivity index (χ1n) is 11.1. The Bertz CT molecular complexity index is 917. The number of aryl methyl sites for hydroxylation is 1. The predicted octanol–water partition coefficient (Wildman–Crippen LogP) is 3.85. The monoisotopic (exact) mass is 464 g/mol. The molecule has 2 aromatic rings. The molecule has 1 aliphatic heterocycles. The van der Waals surface area contributed by atoms with Crippen molar-refractivity contribution in [1.82, 2.24) is 15.1 Å². The minimum Gasteiger partial charge on any atom is -0.299 e. The standard InChI is InChI=1S/C22H32N4O3S2/c1-2-3-4-5-6-10-13-19-24-25-22(30-19)23-21(27)20(18-11-8-7-9-12-18)26-14-16-31(28,29)17-15-26/h7-9,11-12,20H,2-6,10,13-17H2,1H3,(H,23,25,27). The lowest BCUT2D eigenvalue weighted by Crippen LogP contribution is -2.46. The smallest absolute Gasteiger partial charge is 0.248 e. The molecule has 170 valence electrons. The highest BCUT2D eigenvalue weighted by molar-refractivity contribution is 7.91. The van der Waals surface area contributed by atoms with Gasteiger partial charge < -0.3 is 0 Å². The molecule has 3 rings (SSSR count). The van der Waals surface area contributed by atoms with Gasteiger partial charge in [-0.15, -0.1) is 10.2 Å². The maximum atomic E-state index is 13.2. The van der Waals surface area contributed by atoms with Gasteiger partial charge in [-0.1, -0.05) is 80.7 Å². The minimum absolute atomic E-state index is 0.0742. The van der Waals surface area contributed by atoms with E-state index < -0.39 is 15.9 Å². The first kappa shape index (κ1) is 23.8. The number of amides is 1. The van der Waals surface area contributed by atoms with Crippen molar-refractivity contribution in [1.29, 1.82) is 0 Å². The van der Waals surface area contributed by atoms with E-state index in [1.165, 1.54) is 43.4 Å². The summed E-state index contributed by atoms with van der Waals surface area (Å²) in [7, 11) is -3.02. The average Bonchev–Trinajstić information content (AvgIpc) is 3.20. The van der Waals surface area contributed by atoms with Gasteiger partial charge >= 0.3 is 0 Å². The molecule has 0 bridgehead atoms. The molecule has 0 saturated carbocycles. The third-order valence-electron chi connectivity index (χ3n) is 5.55. The van der Waals surface area contributed by atoms with Crippen LogP contribution in [0.3, 0.4) is 0 Å². The second-order valence-electron chi connectivity index (χ2n) is 8.01. The first-order valence-corrected chi connectivity index (χ1v) is 13.7. The molecule has 1 atom stereocenters. The number of carbonyl (C=O) groups excluding carboxylic acids is 1. The predicted molar refractivity (Wildman–Crippen MR) is 125 cm³/mol. The third-order valence-corrected chi connectivity index (χ3v) is 8.06. The fourth-order valence-corrected chi connectivity index (χ4v) is 5.80. The van der Waals surface area contributed by atoms with Crippen LogP contribution in [0, 0.1) is 0 Å². The molecule has 7 nitrogen and oxygen atoms in total. The van der Waals surface area contributed by atoms with Gasteiger partial charge in [0, 0.05) is 19.5 Å². The van der Waals surface area contributed by atoms with Gasteiger partial charge in [-0.2, -0.15) is 0 Å². The second kappa shape index (κ2) is 11.7. The zero-order valence-corrected chi connectivity index (χ0v) is 19.8. The molecular weight excluding hydrogens is 432 g/mol. The van der Waals surface area contributed by atoms with E-state index in [4.69, 9.17) is 0 Å². The van der Waals surface area contributed by atoms with Crippen molar-refractivity contribution in [2.45, 2.75) is 57.9 Å². The van der Waals surface area contributed by atoms with E-state index in [1.807, 2.05) is 35.2 Å². The van der Waals surface area contributed by atoms with Crippen LogP contribution in [-0.4, -0.2) is 54.0 Å². The highest BCUT2D eigenvalue weighted by Crippen LogP contribution is 2.26. The van der Waals surface area contributed by atoms with Gasteiger partial charge in [0.15, 0.2) is 9.84 Å². The Balaban J connectivity index is 1.60. The molecule has 1 aliphatic rings. The summed E-state index contributed by atoms with van der Waals surface area (Å²) in [6.45, 7) is 2.90. The molecule has 1 fully saturated rings. The van der Waals surface area contributed by atoms with E-state index in [0.29, 0.717) is 18.2 Å². The van der Waals surface area contributed by atoms with Crippen LogP contribution in [0.5, 0.6) is 0 Å². The van der Waals surface area contributed by atoms with Crippen molar-refractivity contribution in [2.24, 2.45) is 0 Å². The van der Waals surface area contributed by atoms with Crippen molar-refractivity contribution in [3.8, 4) is 0 Å². The molecule has 31 heavy (non-hydrogen) atoms. The molecule has 1 saturated heterocycles. The van der Waals surface area contributed by atoms with Gasteiger partial charge in [0.25, 0.3) is 0 Å². The first-order chi connectivity index (χ1) is 15.0. The number of unbranched alkanes of at least 4 members (excludes halogenated alkanes) is 5. The summed E-state index contributed by atoms with van der Waals surface area (Å²) in [5.41, 5.74) is 0.844. The summed E-state index contributed by atoms with van der Waals surface area (Å²) in [4.78, 5) is 15.1. The molecular formula is C22H32N4O3S2. The molecule has 0 aliphatic carbocycles. The van der Waals surface area contributed by atoms with E-state index >= 15 is 0 Å². The van der Waals surface area contributed by atoms with Gasteiger partial charge in [0.1, 0.15) is 11.0 Å². The summed E-state index contributed by atoms with van der Waals surface area (Å²) in [5, 5.41) is 12.7. The van der Waals surface area contributed by atoms with Crippen LogP contribution >= 0.6 is 11.3 Å². The second-order valence-corrected chi connectivity index (χ2v) is 11.4. The summed E-state index contributed by atoms with van der Waals surface area (Å²) >= 11 is 1.42. The summed E-state index contributed by atoms with van der Waals surface area (Å²) in [6.07, 6.45) is 8.23. The number of nitrogens with zero attached hydrogens (tertiary/aromatic N) is 3.